The molecule has 3 aromatic carbocycles. The second-order valence-corrected chi connectivity index (χ2v) is 9.04. The molecule has 0 bridgehead atoms. The van der Waals surface area contributed by atoms with E-state index in [2.05, 4.69) is 21.0 Å². The predicted octanol–water partition coefficient (Wildman–Crippen LogP) is 6.28. The highest BCUT2D eigenvalue weighted by atomic mass is 79.9. The summed E-state index contributed by atoms with van der Waals surface area (Å²) in [7, 11) is 1.55. The van der Waals surface area contributed by atoms with Gasteiger partial charge < -0.3 is 9.47 Å². The van der Waals surface area contributed by atoms with Crippen LogP contribution in [-0.4, -0.2) is 23.0 Å². The first-order chi connectivity index (χ1) is 16.9. The summed E-state index contributed by atoms with van der Waals surface area (Å²) in [5.74, 6) is 1.43. The van der Waals surface area contributed by atoms with Crippen LogP contribution in [0.2, 0.25) is 0 Å². The molecule has 180 valence electrons. The summed E-state index contributed by atoms with van der Waals surface area (Å²) in [4.78, 5) is 18.0. The normalized spacial score (nSPS) is 12.3. The minimum atomic E-state index is -0.292. The highest BCUT2D eigenvalue weighted by molar-refractivity contribution is 9.10. The van der Waals surface area contributed by atoms with Gasteiger partial charge in [-0.25, -0.2) is 9.37 Å². The number of hydrogen-bond donors (Lipinski definition) is 0. The minimum Gasteiger partial charge on any atom is -0.493 e. The van der Waals surface area contributed by atoms with Crippen LogP contribution in [0, 0.1) is 5.82 Å². The number of benzene rings is 3. The molecule has 0 aliphatic rings. The van der Waals surface area contributed by atoms with Gasteiger partial charge in [0.25, 0.3) is 5.56 Å². The molecule has 1 aromatic heterocycles. The van der Waals surface area contributed by atoms with Gasteiger partial charge in [0.05, 0.1) is 24.2 Å². The van der Waals surface area contributed by atoms with Gasteiger partial charge in [0, 0.05) is 10.4 Å². The monoisotopic (exact) mass is 537 g/mol. The van der Waals surface area contributed by atoms with Crippen molar-refractivity contribution in [3.8, 4) is 11.5 Å². The van der Waals surface area contributed by atoms with E-state index in [1.165, 1.54) is 16.8 Å². The van der Waals surface area contributed by atoms with E-state index in [1.807, 2.05) is 32.0 Å². The fourth-order valence-electron chi connectivity index (χ4n) is 3.53. The summed E-state index contributed by atoms with van der Waals surface area (Å²) >= 11 is 3.42. The first-order valence-corrected chi connectivity index (χ1v) is 12.0. The first-order valence-electron chi connectivity index (χ1n) is 11.2. The SMILES string of the molecule is CC[C@H](C)c1nc2ccc(Br)cc2c(=O)n1N=Cc1ccc(OCc2ccc(F)cc2)c(OC)c1. The Labute approximate surface area is 211 Å². The molecule has 0 aliphatic heterocycles. The number of aromatic nitrogens is 2. The molecule has 0 unspecified atom stereocenters. The van der Waals surface area contributed by atoms with Gasteiger partial charge in [-0.3, -0.25) is 4.79 Å². The van der Waals surface area contributed by atoms with Gasteiger partial charge in [-0.05, 0) is 66.1 Å². The van der Waals surface area contributed by atoms with E-state index in [0.29, 0.717) is 28.2 Å². The molecule has 35 heavy (non-hydrogen) atoms. The van der Waals surface area contributed by atoms with Crippen LogP contribution in [0.1, 0.15) is 43.1 Å². The molecule has 0 amide bonds. The first kappa shape index (κ1) is 24.6. The van der Waals surface area contributed by atoms with Gasteiger partial charge in [0.15, 0.2) is 11.5 Å². The van der Waals surface area contributed by atoms with Crippen molar-refractivity contribution >= 4 is 33.0 Å². The molecule has 0 saturated heterocycles. The molecule has 0 radical (unpaired) electrons. The fourth-order valence-corrected chi connectivity index (χ4v) is 3.89. The summed E-state index contributed by atoms with van der Waals surface area (Å²) in [5, 5.41) is 4.99. The maximum absolute atomic E-state index is 13.3. The van der Waals surface area contributed by atoms with E-state index in [9.17, 15) is 9.18 Å². The average molecular weight is 538 g/mol. The van der Waals surface area contributed by atoms with Crippen molar-refractivity contribution in [3.63, 3.8) is 0 Å². The third-order valence-corrected chi connectivity index (χ3v) is 6.20. The second-order valence-electron chi connectivity index (χ2n) is 8.13. The van der Waals surface area contributed by atoms with E-state index in [0.717, 1.165) is 22.0 Å². The van der Waals surface area contributed by atoms with Crippen LogP contribution in [0.25, 0.3) is 10.9 Å². The van der Waals surface area contributed by atoms with Crippen molar-refractivity contribution < 1.29 is 13.9 Å². The molecule has 0 aliphatic carbocycles. The van der Waals surface area contributed by atoms with Gasteiger partial charge in [0.1, 0.15) is 18.2 Å². The predicted molar refractivity (Wildman–Crippen MR) is 139 cm³/mol. The van der Waals surface area contributed by atoms with Crippen LogP contribution in [0.3, 0.4) is 0 Å². The lowest BCUT2D eigenvalue weighted by Gasteiger charge is -2.14. The summed E-state index contributed by atoms with van der Waals surface area (Å²) in [5.41, 5.74) is 1.98. The van der Waals surface area contributed by atoms with E-state index in [1.54, 1.807) is 43.7 Å². The van der Waals surface area contributed by atoms with Crippen molar-refractivity contribution in [2.45, 2.75) is 32.8 Å². The van der Waals surface area contributed by atoms with Crippen LogP contribution in [0.5, 0.6) is 11.5 Å². The fraction of sp³-hybridized carbons (Fsp3) is 0.222. The van der Waals surface area contributed by atoms with Crippen molar-refractivity contribution in [2.75, 3.05) is 7.11 Å². The van der Waals surface area contributed by atoms with Gasteiger partial charge in [0.2, 0.25) is 0 Å². The Bertz CT molecular complexity index is 1430. The van der Waals surface area contributed by atoms with Crippen LogP contribution in [-0.2, 0) is 6.61 Å². The zero-order chi connectivity index (χ0) is 24.9. The summed E-state index contributed by atoms with van der Waals surface area (Å²) in [6, 6.07) is 17.0. The number of fused-ring (bicyclic) bond motifs is 1. The molecule has 0 N–H and O–H groups in total. The zero-order valence-corrected chi connectivity index (χ0v) is 21.3. The number of hydrogen-bond acceptors (Lipinski definition) is 5. The highest BCUT2D eigenvalue weighted by Crippen LogP contribution is 2.28. The van der Waals surface area contributed by atoms with Crippen LogP contribution >= 0.6 is 15.9 Å². The molecule has 1 atom stereocenters. The van der Waals surface area contributed by atoms with Crippen LogP contribution in [0.15, 0.2) is 75.0 Å². The summed E-state index contributed by atoms with van der Waals surface area (Å²) < 4.78 is 26.6. The smallest absolute Gasteiger partial charge is 0.282 e. The van der Waals surface area contributed by atoms with Gasteiger partial charge in [-0.15, -0.1) is 0 Å². The Morgan fingerprint density at radius 2 is 1.89 bits per heavy atom. The van der Waals surface area contributed by atoms with E-state index < -0.39 is 0 Å². The largest absolute Gasteiger partial charge is 0.493 e. The topological polar surface area (TPSA) is 65.7 Å². The summed E-state index contributed by atoms with van der Waals surface area (Å²) in [6.07, 6.45) is 2.42. The lowest BCUT2D eigenvalue weighted by atomic mass is 10.1. The number of halogens is 2. The third kappa shape index (κ3) is 5.59. The molecule has 0 spiro atoms. The van der Waals surface area contributed by atoms with Gasteiger partial charge in [-0.1, -0.05) is 41.9 Å². The quantitative estimate of drug-likeness (QED) is 0.248. The van der Waals surface area contributed by atoms with Crippen molar-refractivity contribution in [1.82, 2.24) is 9.66 Å². The molecule has 1 heterocycles. The molecule has 6 nitrogen and oxygen atoms in total. The van der Waals surface area contributed by atoms with Crippen molar-refractivity contribution in [1.29, 1.82) is 0 Å². The van der Waals surface area contributed by atoms with E-state index in [-0.39, 0.29) is 23.9 Å². The number of methoxy groups -OCH3 is 1. The molecule has 0 fully saturated rings. The van der Waals surface area contributed by atoms with Crippen LogP contribution < -0.4 is 15.0 Å². The summed E-state index contributed by atoms with van der Waals surface area (Å²) in [6.45, 7) is 4.34. The second kappa shape index (κ2) is 10.8. The molecular weight excluding hydrogens is 513 g/mol. The van der Waals surface area contributed by atoms with Crippen molar-refractivity contribution in [3.05, 3.63) is 98.3 Å². The molecule has 4 rings (SSSR count). The maximum atomic E-state index is 13.3. The Morgan fingerprint density at radius 1 is 1.11 bits per heavy atom. The Hall–Kier alpha value is -3.52. The number of rotatable bonds is 8. The average Bonchev–Trinajstić information content (AvgIpc) is 2.87. The minimum absolute atomic E-state index is 0.0460. The van der Waals surface area contributed by atoms with Crippen LogP contribution in [0.4, 0.5) is 4.39 Å². The third-order valence-electron chi connectivity index (χ3n) is 5.70. The lowest BCUT2D eigenvalue weighted by Crippen LogP contribution is -2.23. The lowest BCUT2D eigenvalue weighted by molar-refractivity contribution is 0.284. The van der Waals surface area contributed by atoms with Gasteiger partial charge >= 0.3 is 0 Å². The van der Waals surface area contributed by atoms with E-state index >= 15 is 0 Å². The molecule has 8 heteroatoms. The maximum Gasteiger partial charge on any atom is 0.282 e. The van der Waals surface area contributed by atoms with Crippen molar-refractivity contribution in [2.24, 2.45) is 5.10 Å². The number of ether oxygens (including phenoxy) is 2. The van der Waals surface area contributed by atoms with Gasteiger partial charge in [-0.2, -0.15) is 9.78 Å². The molecular formula is C27H25BrFN3O3. The Morgan fingerprint density at radius 3 is 2.60 bits per heavy atom. The molecule has 0 saturated carbocycles. The number of nitrogens with zero attached hydrogens (tertiary/aromatic N) is 3. The standard InChI is InChI=1S/C27H25BrFN3O3/c1-4-17(2)26-31-23-11-8-20(28)14-22(23)27(33)32(26)30-15-19-7-12-24(25(13-19)34-3)35-16-18-5-9-21(29)10-6-18/h5-15,17H,4,16H2,1-3H3/t17-/m0/s1. The van der Waals surface area contributed by atoms with E-state index in [4.69, 9.17) is 14.5 Å². The Kier molecular flexibility index (Phi) is 7.60. The zero-order valence-electron chi connectivity index (χ0n) is 19.7. The molecule has 4 aromatic rings. The highest BCUT2D eigenvalue weighted by Gasteiger charge is 2.16. The Balaban J connectivity index is 1.64.